The summed E-state index contributed by atoms with van der Waals surface area (Å²) in [6.07, 6.45) is 1.89. The molecule has 1 aromatic carbocycles. The number of benzene rings is 1. The van der Waals surface area contributed by atoms with Gasteiger partial charge in [0.25, 0.3) is 5.91 Å². The zero-order valence-electron chi connectivity index (χ0n) is 14.3. The van der Waals surface area contributed by atoms with Gasteiger partial charge in [-0.2, -0.15) is 0 Å². The van der Waals surface area contributed by atoms with Gasteiger partial charge in [0, 0.05) is 11.6 Å². The molecule has 3 rings (SSSR count). The van der Waals surface area contributed by atoms with E-state index in [2.05, 4.69) is 0 Å². The fourth-order valence-corrected chi connectivity index (χ4v) is 3.99. The lowest BCUT2D eigenvalue weighted by molar-refractivity contribution is -0.145. The van der Waals surface area contributed by atoms with Crippen LogP contribution >= 0.6 is 24.0 Å². The first-order chi connectivity index (χ1) is 12.4. The molecule has 1 N–H and O–H groups in total. The van der Waals surface area contributed by atoms with Crippen LogP contribution in [0.15, 0.2) is 45.7 Å². The van der Waals surface area contributed by atoms with E-state index in [-0.39, 0.29) is 10.7 Å². The molecule has 2 aromatic rings. The van der Waals surface area contributed by atoms with Crippen molar-refractivity contribution in [2.75, 3.05) is 0 Å². The Bertz CT molecular complexity index is 899. The van der Waals surface area contributed by atoms with Gasteiger partial charge in [0.2, 0.25) is 0 Å². The molecule has 1 aliphatic heterocycles. The third-order valence-electron chi connectivity index (χ3n) is 4.04. The lowest BCUT2D eigenvalue weighted by Crippen LogP contribution is -2.43. The molecule has 1 amide bonds. The molecule has 1 saturated heterocycles. The Morgan fingerprint density at radius 2 is 2.00 bits per heavy atom. The number of carboxylic acid groups (broad SMARTS) is 1. The molecule has 0 spiro atoms. The number of aryl methyl sites for hydroxylation is 1. The van der Waals surface area contributed by atoms with Crippen molar-refractivity contribution < 1.29 is 19.1 Å². The molecule has 1 atom stereocenters. The third kappa shape index (κ3) is 3.59. The smallest absolute Gasteiger partial charge is 0.326 e. The number of hydrogen-bond acceptors (Lipinski definition) is 5. The molecule has 0 saturated carbocycles. The van der Waals surface area contributed by atoms with E-state index in [1.165, 1.54) is 0 Å². The summed E-state index contributed by atoms with van der Waals surface area (Å²) in [5.41, 5.74) is 2.10. The largest absolute Gasteiger partial charge is 0.480 e. The highest BCUT2D eigenvalue weighted by Gasteiger charge is 2.39. The van der Waals surface area contributed by atoms with Crippen LogP contribution in [0.5, 0.6) is 0 Å². The van der Waals surface area contributed by atoms with E-state index in [1.807, 2.05) is 37.3 Å². The Hall–Kier alpha value is -2.38. The third-order valence-corrected chi connectivity index (χ3v) is 5.37. The van der Waals surface area contributed by atoms with Crippen molar-refractivity contribution in [3.05, 3.63) is 52.6 Å². The SMILES string of the molecule is CCC(C(=O)O)N1C(=O)C(=Cc2ccc(-c3ccc(C)cc3)o2)SC1=S. The van der Waals surface area contributed by atoms with Crippen LogP contribution in [0.25, 0.3) is 17.4 Å². The number of carbonyl (C=O) groups is 2. The number of carbonyl (C=O) groups excluding carboxylic acids is 1. The maximum absolute atomic E-state index is 12.6. The van der Waals surface area contributed by atoms with Gasteiger partial charge < -0.3 is 9.52 Å². The Kier molecular flexibility index (Phi) is 5.29. The lowest BCUT2D eigenvalue weighted by Gasteiger charge is -2.21. The molecular formula is C19H17NO4S2. The standard InChI is InChI=1S/C19H17NO4S2/c1-3-14(18(22)23)20-17(21)16(26-19(20)25)10-13-8-9-15(24-13)12-6-4-11(2)5-7-12/h4-10,14H,3H2,1-2H3,(H,22,23). The van der Waals surface area contributed by atoms with Crippen LogP contribution in [0, 0.1) is 6.92 Å². The first kappa shape index (κ1) is 18.4. The number of amides is 1. The van der Waals surface area contributed by atoms with Gasteiger partial charge in [-0.25, -0.2) is 4.79 Å². The molecule has 0 bridgehead atoms. The Morgan fingerprint density at radius 3 is 2.62 bits per heavy atom. The second-order valence-corrected chi connectivity index (χ2v) is 7.56. The minimum absolute atomic E-state index is 0.251. The topological polar surface area (TPSA) is 70.8 Å². The maximum atomic E-state index is 12.6. The molecule has 5 nitrogen and oxygen atoms in total. The Morgan fingerprint density at radius 1 is 1.31 bits per heavy atom. The normalized spacial score (nSPS) is 17.2. The van der Waals surface area contributed by atoms with Crippen LogP contribution in [-0.2, 0) is 9.59 Å². The van der Waals surface area contributed by atoms with Gasteiger partial charge in [-0.05, 0) is 25.5 Å². The van der Waals surface area contributed by atoms with Gasteiger partial charge in [-0.3, -0.25) is 9.69 Å². The van der Waals surface area contributed by atoms with E-state index in [0.717, 1.165) is 27.8 Å². The molecule has 1 aliphatic rings. The van der Waals surface area contributed by atoms with Gasteiger partial charge >= 0.3 is 5.97 Å². The number of nitrogens with zero attached hydrogens (tertiary/aromatic N) is 1. The minimum atomic E-state index is -1.07. The molecule has 1 fully saturated rings. The first-order valence-electron chi connectivity index (χ1n) is 8.07. The monoisotopic (exact) mass is 387 g/mol. The summed E-state index contributed by atoms with van der Waals surface area (Å²) in [5.74, 6) is -0.250. The molecule has 134 valence electrons. The molecule has 1 aromatic heterocycles. The van der Waals surface area contributed by atoms with Crippen LogP contribution < -0.4 is 0 Å². The van der Waals surface area contributed by atoms with Crippen LogP contribution in [0.4, 0.5) is 0 Å². The Balaban J connectivity index is 1.85. The molecule has 7 heteroatoms. The number of furan rings is 1. The molecular weight excluding hydrogens is 370 g/mol. The second-order valence-electron chi connectivity index (χ2n) is 5.88. The maximum Gasteiger partial charge on any atom is 0.326 e. The van der Waals surface area contributed by atoms with E-state index in [9.17, 15) is 14.7 Å². The highest BCUT2D eigenvalue weighted by molar-refractivity contribution is 8.26. The Labute approximate surface area is 160 Å². The fourth-order valence-electron chi connectivity index (χ4n) is 2.65. The number of thioether (sulfide) groups is 1. The highest BCUT2D eigenvalue weighted by atomic mass is 32.2. The van der Waals surface area contributed by atoms with E-state index >= 15 is 0 Å². The van der Waals surface area contributed by atoms with Crippen molar-refractivity contribution in [3.8, 4) is 11.3 Å². The minimum Gasteiger partial charge on any atom is -0.480 e. The molecule has 2 heterocycles. The predicted molar refractivity (Wildman–Crippen MR) is 106 cm³/mol. The van der Waals surface area contributed by atoms with E-state index in [1.54, 1.807) is 19.1 Å². The van der Waals surface area contributed by atoms with Crippen LogP contribution in [0.2, 0.25) is 0 Å². The van der Waals surface area contributed by atoms with Crippen LogP contribution in [0.3, 0.4) is 0 Å². The summed E-state index contributed by atoms with van der Waals surface area (Å²) < 4.78 is 6.06. The van der Waals surface area contributed by atoms with Gasteiger partial charge in [0.05, 0.1) is 4.91 Å². The van der Waals surface area contributed by atoms with Crippen molar-refractivity contribution in [3.63, 3.8) is 0 Å². The molecule has 26 heavy (non-hydrogen) atoms. The summed E-state index contributed by atoms with van der Waals surface area (Å²) in [5, 5.41) is 9.29. The summed E-state index contributed by atoms with van der Waals surface area (Å²) >= 11 is 6.29. The quantitative estimate of drug-likeness (QED) is 0.609. The second kappa shape index (κ2) is 7.47. The lowest BCUT2D eigenvalue weighted by atomic mass is 10.1. The number of rotatable bonds is 5. The molecule has 0 radical (unpaired) electrons. The van der Waals surface area contributed by atoms with Crippen molar-refractivity contribution >= 4 is 46.3 Å². The average molecular weight is 387 g/mol. The van der Waals surface area contributed by atoms with Crippen molar-refractivity contribution in [2.45, 2.75) is 26.3 Å². The van der Waals surface area contributed by atoms with Crippen molar-refractivity contribution in [1.29, 1.82) is 0 Å². The van der Waals surface area contributed by atoms with E-state index in [4.69, 9.17) is 16.6 Å². The summed E-state index contributed by atoms with van der Waals surface area (Å²) in [6, 6.07) is 10.6. The summed E-state index contributed by atoms with van der Waals surface area (Å²) in [7, 11) is 0. The summed E-state index contributed by atoms with van der Waals surface area (Å²) in [4.78, 5) is 25.5. The van der Waals surface area contributed by atoms with E-state index in [0.29, 0.717) is 16.4 Å². The van der Waals surface area contributed by atoms with E-state index < -0.39 is 17.9 Å². The predicted octanol–water partition coefficient (Wildman–Crippen LogP) is 4.32. The molecule has 0 aliphatic carbocycles. The zero-order valence-corrected chi connectivity index (χ0v) is 15.9. The average Bonchev–Trinajstić information content (AvgIpc) is 3.16. The zero-order chi connectivity index (χ0) is 18.8. The number of aliphatic carboxylic acids is 1. The number of thiocarbonyl (C=S) groups is 1. The van der Waals surface area contributed by atoms with Gasteiger partial charge in [0.1, 0.15) is 21.9 Å². The first-order valence-corrected chi connectivity index (χ1v) is 9.30. The van der Waals surface area contributed by atoms with Gasteiger partial charge in [-0.15, -0.1) is 0 Å². The van der Waals surface area contributed by atoms with Crippen molar-refractivity contribution in [1.82, 2.24) is 4.90 Å². The fraction of sp³-hybridized carbons (Fsp3) is 0.211. The van der Waals surface area contributed by atoms with Crippen LogP contribution in [-0.4, -0.2) is 32.2 Å². The number of hydrogen-bond donors (Lipinski definition) is 1. The van der Waals surface area contributed by atoms with Gasteiger partial charge in [-0.1, -0.05) is 60.7 Å². The highest BCUT2D eigenvalue weighted by Crippen LogP contribution is 2.35. The van der Waals surface area contributed by atoms with Gasteiger partial charge in [0.15, 0.2) is 0 Å². The van der Waals surface area contributed by atoms with Crippen LogP contribution in [0.1, 0.15) is 24.7 Å². The summed E-state index contributed by atoms with van der Waals surface area (Å²) in [6.45, 7) is 3.72. The number of carboxylic acids is 1. The van der Waals surface area contributed by atoms with Crippen molar-refractivity contribution in [2.24, 2.45) is 0 Å². The molecule has 1 unspecified atom stereocenters.